The number of benzene rings is 1. The van der Waals surface area contributed by atoms with E-state index < -0.39 is 5.76 Å². The summed E-state index contributed by atoms with van der Waals surface area (Å²) in [5, 5.41) is 0.458. The normalized spacial score (nSPS) is 10.9. The van der Waals surface area contributed by atoms with Crippen LogP contribution < -0.4 is 11.5 Å². The number of rotatable bonds is 0. The highest BCUT2D eigenvalue weighted by atomic mass is 35.5. The van der Waals surface area contributed by atoms with E-state index in [1.54, 1.807) is 19.2 Å². The van der Waals surface area contributed by atoms with Crippen LogP contribution in [0, 0.1) is 0 Å². The maximum Gasteiger partial charge on any atom is 0.419 e. The molecule has 0 spiro atoms. The van der Waals surface area contributed by atoms with Gasteiger partial charge in [-0.1, -0.05) is 11.6 Å². The summed E-state index contributed by atoms with van der Waals surface area (Å²) in [4.78, 5) is 11.1. The number of nitrogens with zero attached hydrogens (tertiary/aromatic N) is 1. The fourth-order valence-corrected chi connectivity index (χ4v) is 1.50. The Bertz CT molecular complexity index is 527. The molecule has 2 aromatic rings. The minimum absolute atomic E-state index is 0.414. The summed E-state index contributed by atoms with van der Waals surface area (Å²) in [5.41, 5.74) is 7.10. The number of halogens is 1. The van der Waals surface area contributed by atoms with Crippen LogP contribution in [-0.4, -0.2) is 4.57 Å². The Morgan fingerprint density at radius 3 is 2.92 bits per heavy atom. The molecule has 0 radical (unpaired) electrons. The third kappa shape index (κ3) is 1.10. The van der Waals surface area contributed by atoms with Gasteiger partial charge in [-0.2, -0.15) is 0 Å². The van der Waals surface area contributed by atoms with Gasteiger partial charge in [-0.15, -0.1) is 0 Å². The maximum absolute atomic E-state index is 11.1. The van der Waals surface area contributed by atoms with Crippen molar-refractivity contribution in [3.63, 3.8) is 0 Å². The monoisotopic (exact) mass is 198 g/mol. The average Bonchev–Trinajstić information content (AvgIpc) is 2.27. The topological polar surface area (TPSA) is 61.2 Å². The van der Waals surface area contributed by atoms with E-state index in [1.807, 2.05) is 0 Å². The molecule has 1 aromatic carbocycles. The summed E-state index contributed by atoms with van der Waals surface area (Å²) in [6, 6.07) is 3.15. The highest BCUT2D eigenvalue weighted by Gasteiger charge is 2.09. The van der Waals surface area contributed by atoms with E-state index in [1.165, 1.54) is 4.57 Å². The Kier molecular flexibility index (Phi) is 1.60. The molecule has 0 bridgehead atoms. The Balaban J connectivity index is 3.03. The van der Waals surface area contributed by atoms with Crippen LogP contribution in [-0.2, 0) is 7.05 Å². The molecule has 0 saturated carbocycles. The molecule has 0 aliphatic rings. The van der Waals surface area contributed by atoms with Crippen LogP contribution in [0.3, 0.4) is 0 Å². The third-order valence-electron chi connectivity index (χ3n) is 1.88. The van der Waals surface area contributed by atoms with Crippen molar-refractivity contribution in [2.45, 2.75) is 0 Å². The molecule has 68 valence electrons. The van der Waals surface area contributed by atoms with Crippen molar-refractivity contribution in [2.24, 2.45) is 7.05 Å². The van der Waals surface area contributed by atoms with Crippen LogP contribution in [0.1, 0.15) is 0 Å². The van der Waals surface area contributed by atoms with Crippen molar-refractivity contribution in [3.8, 4) is 0 Å². The second kappa shape index (κ2) is 2.53. The first-order chi connectivity index (χ1) is 6.09. The summed E-state index contributed by atoms with van der Waals surface area (Å²) in [5.74, 6) is -0.441. The molecule has 4 nitrogen and oxygen atoms in total. The van der Waals surface area contributed by atoms with Gasteiger partial charge >= 0.3 is 5.76 Å². The zero-order valence-electron chi connectivity index (χ0n) is 6.87. The van der Waals surface area contributed by atoms with Crippen molar-refractivity contribution >= 4 is 28.4 Å². The number of fused-ring (bicyclic) bond motifs is 1. The molecule has 2 rings (SSSR count). The SMILES string of the molecule is Cn1c(=O)oc2cc(Cl)cc(N)c21. The van der Waals surface area contributed by atoms with Gasteiger partial charge in [0.05, 0.1) is 5.69 Å². The van der Waals surface area contributed by atoms with E-state index in [0.29, 0.717) is 21.8 Å². The minimum atomic E-state index is -0.441. The lowest BCUT2D eigenvalue weighted by atomic mass is 10.3. The first-order valence-electron chi connectivity index (χ1n) is 3.64. The molecule has 13 heavy (non-hydrogen) atoms. The fraction of sp³-hybridized carbons (Fsp3) is 0.125. The second-order valence-corrected chi connectivity index (χ2v) is 3.21. The third-order valence-corrected chi connectivity index (χ3v) is 2.09. The second-order valence-electron chi connectivity index (χ2n) is 2.77. The molecule has 1 heterocycles. The molecule has 1 aromatic heterocycles. The van der Waals surface area contributed by atoms with Crippen molar-refractivity contribution < 1.29 is 4.42 Å². The number of nitrogen functional groups attached to an aromatic ring is 1. The molecule has 5 heteroatoms. The Hall–Kier alpha value is -1.42. The molecule has 2 N–H and O–H groups in total. The van der Waals surface area contributed by atoms with Crippen LogP contribution in [0.4, 0.5) is 5.69 Å². The maximum atomic E-state index is 11.1. The molecule has 0 saturated heterocycles. The molecular formula is C8H7ClN2O2. The van der Waals surface area contributed by atoms with Crippen molar-refractivity contribution in [1.29, 1.82) is 0 Å². The number of aryl methyl sites for hydroxylation is 1. The van der Waals surface area contributed by atoms with Crippen molar-refractivity contribution in [2.75, 3.05) is 5.73 Å². The predicted octanol–water partition coefficient (Wildman–Crippen LogP) is 1.37. The highest BCUT2D eigenvalue weighted by Crippen LogP contribution is 2.24. The van der Waals surface area contributed by atoms with Gasteiger partial charge in [0.2, 0.25) is 0 Å². The zero-order chi connectivity index (χ0) is 9.59. The van der Waals surface area contributed by atoms with Gasteiger partial charge in [-0.25, -0.2) is 4.79 Å². The smallest absolute Gasteiger partial charge is 0.408 e. The number of anilines is 1. The van der Waals surface area contributed by atoms with Crippen LogP contribution in [0.15, 0.2) is 21.3 Å². The van der Waals surface area contributed by atoms with E-state index in [2.05, 4.69) is 0 Å². The molecule has 0 aliphatic heterocycles. The standard InChI is InChI=1S/C8H7ClN2O2/c1-11-7-5(10)2-4(9)3-6(7)13-8(11)12/h2-3H,10H2,1H3. The Labute approximate surface area is 78.5 Å². The summed E-state index contributed by atoms with van der Waals surface area (Å²) >= 11 is 5.73. The number of oxazole rings is 1. The molecular weight excluding hydrogens is 192 g/mol. The first-order valence-corrected chi connectivity index (χ1v) is 4.02. The average molecular weight is 199 g/mol. The number of hydrogen-bond donors (Lipinski definition) is 1. The Morgan fingerprint density at radius 1 is 1.54 bits per heavy atom. The fourth-order valence-electron chi connectivity index (χ4n) is 1.28. The summed E-state index contributed by atoms with van der Waals surface area (Å²) in [6.45, 7) is 0. The lowest BCUT2D eigenvalue weighted by Crippen LogP contribution is -2.09. The predicted molar refractivity (Wildman–Crippen MR) is 50.9 cm³/mol. The molecule has 0 unspecified atom stereocenters. The minimum Gasteiger partial charge on any atom is -0.408 e. The zero-order valence-corrected chi connectivity index (χ0v) is 7.63. The van der Waals surface area contributed by atoms with Gasteiger partial charge in [0.1, 0.15) is 5.52 Å². The van der Waals surface area contributed by atoms with Gasteiger partial charge in [0, 0.05) is 18.1 Å². The molecule has 0 amide bonds. The van der Waals surface area contributed by atoms with Crippen LogP contribution in [0.25, 0.3) is 11.1 Å². The number of aromatic nitrogens is 1. The van der Waals surface area contributed by atoms with Crippen LogP contribution >= 0.6 is 11.6 Å². The first kappa shape index (κ1) is 8.19. The number of nitrogens with two attached hydrogens (primary N) is 1. The van der Waals surface area contributed by atoms with Crippen LogP contribution in [0.2, 0.25) is 5.02 Å². The number of hydrogen-bond acceptors (Lipinski definition) is 3. The Morgan fingerprint density at radius 2 is 2.23 bits per heavy atom. The molecule has 0 atom stereocenters. The van der Waals surface area contributed by atoms with E-state index >= 15 is 0 Å². The van der Waals surface area contributed by atoms with Gasteiger partial charge in [0.15, 0.2) is 5.58 Å². The molecule has 0 aliphatic carbocycles. The van der Waals surface area contributed by atoms with E-state index in [4.69, 9.17) is 21.8 Å². The lowest BCUT2D eigenvalue weighted by molar-refractivity contribution is 0.528. The van der Waals surface area contributed by atoms with Gasteiger partial charge in [-0.3, -0.25) is 4.57 Å². The summed E-state index contributed by atoms with van der Waals surface area (Å²) in [6.07, 6.45) is 0. The van der Waals surface area contributed by atoms with Crippen LogP contribution in [0.5, 0.6) is 0 Å². The van der Waals surface area contributed by atoms with E-state index in [9.17, 15) is 4.79 Å². The van der Waals surface area contributed by atoms with E-state index in [-0.39, 0.29) is 0 Å². The van der Waals surface area contributed by atoms with Gasteiger partial charge < -0.3 is 10.2 Å². The molecule has 0 fully saturated rings. The van der Waals surface area contributed by atoms with E-state index in [0.717, 1.165) is 0 Å². The van der Waals surface area contributed by atoms with Crippen molar-refractivity contribution in [1.82, 2.24) is 4.57 Å². The van der Waals surface area contributed by atoms with Crippen molar-refractivity contribution in [3.05, 3.63) is 27.7 Å². The highest BCUT2D eigenvalue weighted by molar-refractivity contribution is 6.31. The summed E-state index contributed by atoms with van der Waals surface area (Å²) < 4.78 is 6.25. The van der Waals surface area contributed by atoms with Gasteiger partial charge in [-0.05, 0) is 6.07 Å². The quantitative estimate of drug-likeness (QED) is 0.651. The largest absolute Gasteiger partial charge is 0.419 e. The summed E-state index contributed by atoms with van der Waals surface area (Å²) in [7, 11) is 1.60. The lowest BCUT2D eigenvalue weighted by Gasteiger charge is -1.97. The van der Waals surface area contributed by atoms with Gasteiger partial charge in [0.25, 0.3) is 0 Å².